The molecule has 1 aromatic rings. The molecule has 0 aromatic heterocycles. The van der Waals surface area contributed by atoms with Gasteiger partial charge in [0.15, 0.2) is 0 Å². The van der Waals surface area contributed by atoms with E-state index in [2.05, 4.69) is 4.72 Å². The van der Waals surface area contributed by atoms with Gasteiger partial charge < -0.3 is 9.84 Å². The summed E-state index contributed by atoms with van der Waals surface area (Å²) in [5.74, 6) is 0. The highest BCUT2D eigenvalue weighted by Gasteiger charge is 2.34. The number of sulfonamides is 1. The molecule has 5 nitrogen and oxygen atoms in total. The number of ether oxygens (including phenoxy) is 1. The number of hydrogen-bond acceptors (Lipinski definition) is 4. The summed E-state index contributed by atoms with van der Waals surface area (Å²) in [6.07, 6.45) is -0.329. The van der Waals surface area contributed by atoms with Crippen molar-refractivity contribution in [3.8, 4) is 0 Å². The number of hydrogen-bond donors (Lipinski definition) is 2. The number of aliphatic hydroxyl groups excluding tert-OH is 1. The Hall–Kier alpha value is -0.950. The Morgan fingerprint density at radius 1 is 1.37 bits per heavy atom. The Morgan fingerprint density at radius 3 is 2.53 bits per heavy atom. The van der Waals surface area contributed by atoms with E-state index in [0.717, 1.165) is 5.56 Å². The van der Waals surface area contributed by atoms with Gasteiger partial charge >= 0.3 is 0 Å². The minimum Gasteiger partial charge on any atom is -0.391 e. The fourth-order valence-corrected chi connectivity index (χ4v) is 3.28. The molecule has 1 heterocycles. The Balaban J connectivity index is 1.90. The van der Waals surface area contributed by atoms with Crippen LogP contribution >= 0.6 is 0 Å². The van der Waals surface area contributed by atoms with Gasteiger partial charge in [-0.15, -0.1) is 0 Å². The molecule has 6 heteroatoms. The first-order chi connectivity index (χ1) is 8.99. The van der Waals surface area contributed by atoms with E-state index in [1.807, 2.05) is 30.3 Å². The van der Waals surface area contributed by atoms with E-state index in [1.54, 1.807) is 6.92 Å². The van der Waals surface area contributed by atoms with E-state index in [-0.39, 0.29) is 13.2 Å². The molecule has 0 aliphatic carbocycles. The van der Waals surface area contributed by atoms with Gasteiger partial charge in [-0.3, -0.25) is 0 Å². The predicted molar refractivity (Wildman–Crippen MR) is 72.3 cm³/mol. The lowest BCUT2D eigenvalue weighted by Gasteiger charge is -2.28. The molecule has 2 atom stereocenters. The standard InChI is InChI=1S/C13H19NO4S/c1-10(14-19(16,17)12-8-18-9-12)13(15)7-11-5-3-2-4-6-11/h2-6,10,12-15H,7-9H2,1H3. The lowest BCUT2D eigenvalue weighted by atomic mass is 10.0. The summed E-state index contributed by atoms with van der Waals surface area (Å²) in [5.41, 5.74) is 0.980. The zero-order valence-electron chi connectivity index (χ0n) is 10.8. The maximum atomic E-state index is 11.9. The van der Waals surface area contributed by atoms with Crippen LogP contribution in [-0.4, -0.2) is 44.1 Å². The first-order valence-corrected chi connectivity index (χ1v) is 7.84. The Morgan fingerprint density at radius 2 is 2.00 bits per heavy atom. The second-order valence-electron chi connectivity index (χ2n) is 4.87. The fraction of sp³-hybridized carbons (Fsp3) is 0.538. The molecule has 0 spiro atoms. The molecule has 0 saturated carbocycles. The van der Waals surface area contributed by atoms with Crippen molar-refractivity contribution in [3.05, 3.63) is 35.9 Å². The van der Waals surface area contributed by atoms with Crippen molar-refractivity contribution in [2.24, 2.45) is 0 Å². The molecule has 1 saturated heterocycles. The number of nitrogens with one attached hydrogen (secondary N) is 1. The Labute approximate surface area is 113 Å². The van der Waals surface area contributed by atoms with Crippen LogP contribution in [0.25, 0.3) is 0 Å². The predicted octanol–water partition coefficient (Wildman–Crippen LogP) is 0.297. The van der Waals surface area contributed by atoms with Crippen LogP contribution in [0.4, 0.5) is 0 Å². The summed E-state index contributed by atoms with van der Waals surface area (Å²) >= 11 is 0. The van der Waals surface area contributed by atoms with Crippen LogP contribution in [0, 0.1) is 0 Å². The molecule has 106 valence electrons. The molecule has 0 bridgehead atoms. The van der Waals surface area contributed by atoms with Crippen LogP contribution in [-0.2, 0) is 21.2 Å². The fourth-order valence-electron chi connectivity index (χ4n) is 1.86. The zero-order chi connectivity index (χ0) is 13.9. The van der Waals surface area contributed by atoms with Crippen LogP contribution in [0.15, 0.2) is 30.3 Å². The van der Waals surface area contributed by atoms with Gasteiger partial charge in [0.2, 0.25) is 10.0 Å². The van der Waals surface area contributed by atoms with Crippen molar-refractivity contribution in [1.29, 1.82) is 0 Å². The molecular formula is C13H19NO4S. The SMILES string of the molecule is CC(NS(=O)(=O)C1COC1)C(O)Cc1ccccc1. The summed E-state index contributed by atoms with van der Waals surface area (Å²) in [5, 5.41) is 9.56. The molecule has 1 aliphatic heterocycles. The summed E-state index contributed by atoms with van der Waals surface area (Å²) in [6.45, 7) is 2.14. The third kappa shape index (κ3) is 3.76. The molecular weight excluding hydrogens is 266 g/mol. The molecule has 19 heavy (non-hydrogen) atoms. The summed E-state index contributed by atoms with van der Waals surface area (Å²) < 4.78 is 31.2. The molecule has 1 aliphatic rings. The van der Waals surface area contributed by atoms with Gasteiger partial charge in [-0.25, -0.2) is 13.1 Å². The lowest BCUT2D eigenvalue weighted by Crippen LogP contribution is -2.51. The first kappa shape index (κ1) is 14.5. The minimum absolute atomic E-state index is 0.233. The van der Waals surface area contributed by atoms with Gasteiger partial charge in [-0.2, -0.15) is 0 Å². The van der Waals surface area contributed by atoms with Gasteiger partial charge in [0.1, 0.15) is 5.25 Å². The molecule has 0 radical (unpaired) electrons. The van der Waals surface area contributed by atoms with Gasteiger partial charge in [0.25, 0.3) is 0 Å². The van der Waals surface area contributed by atoms with E-state index in [4.69, 9.17) is 4.74 Å². The maximum absolute atomic E-state index is 11.9. The summed E-state index contributed by atoms with van der Waals surface area (Å²) in [6, 6.07) is 8.98. The largest absolute Gasteiger partial charge is 0.391 e. The molecule has 2 rings (SSSR count). The first-order valence-electron chi connectivity index (χ1n) is 6.30. The van der Waals surface area contributed by atoms with Gasteiger partial charge in [0.05, 0.1) is 19.3 Å². The normalized spacial score (nSPS) is 19.7. The van der Waals surface area contributed by atoms with Crippen LogP contribution in [0.3, 0.4) is 0 Å². The quantitative estimate of drug-likeness (QED) is 0.788. The third-order valence-electron chi connectivity index (χ3n) is 3.26. The second-order valence-corrected chi connectivity index (χ2v) is 6.86. The number of rotatable bonds is 6. The van der Waals surface area contributed by atoms with Crippen LogP contribution in [0.5, 0.6) is 0 Å². The van der Waals surface area contributed by atoms with Crippen LogP contribution < -0.4 is 4.72 Å². The maximum Gasteiger partial charge on any atom is 0.219 e. The van der Waals surface area contributed by atoms with E-state index < -0.39 is 27.4 Å². The Bertz CT molecular complexity index is 499. The highest BCUT2D eigenvalue weighted by molar-refractivity contribution is 7.90. The van der Waals surface area contributed by atoms with E-state index in [0.29, 0.717) is 6.42 Å². The lowest BCUT2D eigenvalue weighted by molar-refractivity contribution is 0.0405. The molecule has 1 fully saturated rings. The average molecular weight is 285 g/mol. The monoisotopic (exact) mass is 285 g/mol. The molecule has 2 unspecified atom stereocenters. The van der Waals surface area contributed by atoms with Crippen molar-refractivity contribution < 1.29 is 18.3 Å². The van der Waals surface area contributed by atoms with E-state index in [1.165, 1.54) is 0 Å². The Kier molecular flexibility index (Phi) is 4.57. The summed E-state index contributed by atoms with van der Waals surface area (Å²) in [7, 11) is -3.40. The highest BCUT2D eigenvalue weighted by atomic mass is 32.2. The zero-order valence-corrected chi connectivity index (χ0v) is 11.6. The van der Waals surface area contributed by atoms with Gasteiger partial charge in [0, 0.05) is 6.04 Å². The summed E-state index contributed by atoms with van der Waals surface area (Å²) in [4.78, 5) is 0. The average Bonchev–Trinajstić information content (AvgIpc) is 2.26. The van der Waals surface area contributed by atoms with Crippen molar-refractivity contribution in [2.75, 3.05) is 13.2 Å². The van der Waals surface area contributed by atoms with Gasteiger partial charge in [-0.05, 0) is 18.9 Å². The minimum atomic E-state index is -3.40. The van der Waals surface area contributed by atoms with Crippen molar-refractivity contribution in [1.82, 2.24) is 4.72 Å². The van der Waals surface area contributed by atoms with Crippen molar-refractivity contribution >= 4 is 10.0 Å². The topological polar surface area (TPSA) is 75.6 Å². The number of aliphatic hydroxyl groups is 1. The molecule has 0 amide bonds. The molecule has 2 N–H and O–H groups in total. The van der Waals surface area contributed by atoms with Crippen LogP contribution in [0.1, 0.15) is 12.5 Å². The van der Waals surface area contributed by atoms with Crippen molar-refractivity contribution in [3.63, 3.8) is 0 Å². The van der Waals surface area contributed by atoms with Crippen molar-refractivity contribution in [2.45, 2.75) is 30.7 Å². The smallest absolute Gasteiger partial charge is 0.219 e. The second kappa shape index (κ2) is 6.00. The number of benzene rings is 1. The highest BCUT2D eigenvalue weighted by Crippen LogP contribution is 2.13. The van der Waals surface area contributed by atoms with E-state index in [9.17, 15) is 13.5 Å². The third-order valence-corrected chi connectivity index (χ3v) is 5.11. The van der Waals surface area contributed by atoms with Gasteiger partial charge in [-0.1, -0.05) is 30.3 Å². The van der Waals surface area contributed by atoms with E-state index >= 15 is 0 Å². The molecule has 1 aromatic carbocycles. The van der Waals surface area contributed by atoms with Crippen LogP contribution in [0.2, 0.25) is 0 Å².